The van der Waals surface area contributed by atoms with Gasteiger partial charge in [-0.2, -0.15) is 0 Å². The van der Waals surface area contributed by atoms with Crippen LogP contribution in [0, 0.1) is 0 Å². The first-order valence-electron chi connectivity index (χ1n) is 6.12. The van der Waals surface area contributed by atoms with Crippen molar-refractivity contribution in [1.29, 1.82) is 0 Å². The van der Waals surface area contributed by atoms with Crippen LogP contribution in [0.2, 0.25) is 0 Å². The summed E-state index contributed by atoms with van der Waals surface area (Å²) in [4.78, 5) is 2.42. The van der Waals surface area contributed by atoms with E-state index in [2.05, 4.69) is 9.62 Å². The van der Waals surface area contributed by atoms with Gasteiger partial charge in [0.15, 0.2) is 0 Å². The fourth-order valence-electron chi connectivity index (χ4n) is 2.22. The van der Waals surface area contributed by atoms with Crippen LogP contribution in [0.15, 0.2) is 23.1 Å². The Morgan fingerprint density at radius 2 is 1.89 bits per heavy atom. The number of hydrogen-bond acceptors (Lipinski definition) is 4. The van der Waals surface area contributed by atoms with Crippen molar-refractivity contribution >= 4 is 21.4 Å². The van der Waals surface area contributed by atoms with E-state index in [0.717, 1.165) is 31.6 Å². The standard InChI is InChI=1S/C12H19N3O2S/c1-14-18(16,17)10-5-6-11(13)12(9-10)15-7-3-2-4-8-15/h5-6,9,14H,2-4,7-8,13H2,1H3. The molecule has 1 saturated heterocycles. The van der Waals surface area contributed by atoms with Gasteiger partial charge in [0.1, 0.15) is 0 Å². The van der Waals surface area contributed by atoms with E-state index in [1.807, 2.05) is 0 Å². The summed E-state index contributed by atoms with van der Waals surface area (Å²) in [7, 11) is -2.00. The third kappa shape index (κ3) is 2.59. The van der Waals surface area contributed by atoms with E-state index in [0.29, 0.717) is 5.69 Å². The van der Waals surface area contributed by atoms with E-state index in [9.17, 15) is 8.42 Å². The molecule has 1 aliphatic heterocycles. The fourth-order valence-corrected chi connectivity index (χ4v) is 2.97. The van der Waals surface area contributed by atoms with Gasteiger partial charge in [-0.3, -0.25) is 0 Å². The Morgan fingerprint density at radius 1 is 1.22 bits per heavy atom. The Hall–Kier alpha value is -1.27. The number of rotatable bonds is 3. The predicted molar refractivity (Wildman–Crippen MR) is 73.2 cm³/mol. The number of anilines is 2. The molecule has 5 nitrogen and oxygen atoms in total. The number of nitrogens with one attached hydrogen (secondary N) is 1. The van der Waals surface area contributed by atoms with E-state index in [-0.39, 0.29) is 4.90 Å². The molecular formula is C12H19N3O2S. The highest BCUT2D eigenvalue weighted by molar-refractivity contribution is 7.89. The van der Waals surface area contributed by atoms with Crippen LogP contribution in [0.5, 0.6) is 0 Å². The average molecular weight is 269 g/mol. The molecule has 0 atom stereocenters. The zero-order chi connectivity index (χ0) is 13.2. The number of nitrogens with zero attached hydrogens (tertiary/aromatic N) is 1. The SMILES string of the molecule is CNS(=O)(=O)c1ccc(N)c(N2CCCCC2)c1. The Bertz CT molecular complexity index is 522. The summed E-state index contributed by atoms with van der Waals surface area (Å²) in [5.74, 6) is 0. The van der Waals surface area contributed by atoms with E-state index < -0.39 is 10.0 Å². The minimum Gasteiger partial charge on any atom is -0.397 e. The number of sulfonamides is 1. The number of nitrogens with two attached hydrogens (primary N) is 1. The molecule has 0 aliphatic carbocycles. The van der Waals surface area contributed by atoms with Gasteiger partial charge < -0.3 is 10.6 Å². The molecule has 0 spiro atoms. The van der Waals surface area contributed by atoms with Crippen LogP contribution in [0.3, 0.4) is 0 Å². The molecule has 0 aromatic heterocycles. The maximum absolute atomic E-state index is 11.8. The van der Waals surface area contributed by atoms with Gasteiger partial charge in [0.2, 0.25) is 10.0 Å². The fraction of sp³-hybridized carbons (Fsp3) is 0.500. The van der Waals surface area contributed by atoms with E-state index >= 15 is 0 Å². The maximum Gasteiger partial charge on any atom is 0.240 e. The van der Waals surface area contributed by atoms with Crippen LogP contribution in [-0.2, 0) is 10.0 Å². The summed E-state index contributed by atoms with van der Waals surface area (Å²) in [6, 6.07) is 4.86. The van der Waals surface area contributed by atoms with Crippen molar-refractivity contribution in [2.75, 3.05) is 30.8 Å². The normalized spacial score (nSPS) is 16.8. The Balaban J connectivity index is 2.38. The molecule has 2 rings (SSSR count). The molecule has 100 valence electrons. The van der Waals surface area contributed by atoms with Crippen LogP contribution >= 0.6 is 0 Å². The summed E-state index contributed by atoms with van der Waals surface area (Å²) < 4.78 is 25.9. The van der Waals surface area contributed by atoms with Crippen LogP contribution in [-0.4, -0.2) is 28.6 Å². The number of nitrogen functional groups attached to an aromatic ring is 1. The molecule has 1 aromatic rings. The summed E-state index contributed by atoms with van der Waals surface area (Å²) in [6.45, 7) is 1.88. The molecule has 0 amide bonds. The van der Waals surface area contributed by atoms with Gasteiger partial charge in [-0.25, -0.2) is 13.1 Å². The van der Waals surface area contributed by atoms with Crippen molar-refractivity contribution in [2.45, 2.75) is 24.2 Å². The van der Waals surface area contributed by atoms with Gasteiger partial charge in [0.25, 0.3) is 0 Å². The minimum atomic E-state index is -3.41. The molecule has 1 fully saturated rings. The monoisotopic (exact) mass is 269 g/mol. The zero-order valence-electron chi connectivity index (χ0n) is 10.5. The molecule has 6 heteroatoms. The second kappa shape index (κ2) is 5.16. The van der Waals surface area contributed by atoms with Crippen molar-refractivity contribution in [2.24, 2.45) is 0 Å². The van der Waals surface area contributed by atoms with E-state index in [1.54, 1.807) is 12.1 Å². The highest BCUT2D eigenvalue weighted by Gasteiger charge is 2.18. The second-order valence-electron chi connectivity index (χ2n) is 4.48. The minimum absolute atomic E-state index is 0.264. The molecule has 1 aliphatic rings. The molecule has 0 bridgehead atoms. The molecule has 0 unspecified atom stereocenters. The van der Waals surface area contributed by atoms with Gasteiger partial charge in [-0.1, -0.05) is 0 Å². The van der Waals surface area contributed by atoms with Crippen molar-refractivity contribution in [3.63, 3.8) is 0 Å². The lowest BCUT2D eigenvalue weighted by Gasteiger charge is -2.30. The quantitative estimate of drug-likeness (QED) is 0.808. The molecule has 1 aromatic carbocycles. The van der Waals surface area contributed by atoms with Crippen LogP contribution in [0.1, 0.15) is 19.3 Å². The topological polar surface area (TPSA) is 75.4 Å². The summed E-state index contributed by atoms with van der Waals surface area (Å²) in [5.41, 5.74) is 7.40. The Morgan fingerprint density at radius 3 is 2.50 bits per heavy atom. The van der Waals surface area contributed by atoms with Gasteiger partial charge >= 0.3 is 0 Å². The Labute approximate surface area is 108 Å². The van der Waals surface area contributed by atoms with Crippen LogP contribution in [0.4, 0.5) is 11.4 Å². The Kier molecular flexibility index (Phi) is 3.77. The van der Waals surface area contributed by atoms with Crippen molar-refractivity contribution in [3.05, 3.63) is 18.2 Å². The molecule has 0 saturated carbocycles. The first-order chi connectivity index (χ1) is 8.54. The first kappa shape index (κ1) is 13.2. The molecule has 3 N–H and O–H groups in total. The van der Waals surface area contributed by atoms with Gasteiger partial charge in [0.05, 0.1) is 16.3 Å². The number of piperidine rings is 1. The van der Waals surface area contributed by atoms with Crippen LogP contribution in [0.25, 0.3) is 0 Å². The van der Waals surface area contributed by atoms with Crippen LogP contribution < -0.4 is 15.4 Å². The highest BCUT2D eigenvalue weighted by Crippen LogP contribution is 2.28. The largest absolute Gasteiger partial charge is 0.397 e. The summed E-state index contributed by atoms with van der Waals surface area (Å²) in [6.07, 6.45) is 3.48. The predicted octanol–water partition coefficient (Wildman–Crippen LogP) is 1.17. The lowest BCUT2D eigenvalue weighted by Crippen LogP contribution is -2.30. The maximum atomic E-state index is 11.8. The smallest absolute Gasteiger partial charge is 0.240 e. The van der Waals surface area contributed by atoms with Gasteiger partial charge in [-0.05, 0) is 44.5 Å². The third-order valence-electron chi connectivity index (χ3n) is 3.28. The number of benzene rings is 1. The molecular weight excluding hydrogens is 250 g/mol. The highest BCUT2D eigenvalue weighted by atomic mass is 32.2. The van der Waals surface area contributed by atoms with E-state index in [4.69, 9.17) is 5.73 Å². The van der Waals surface area contributed by atoms with Gasteiger partial charge in [0, 0.05) is 13.1 Å². The number of hydrogen-bond donors (Lipinski definition) is 2. The van der Waals surface area contributed by atoms with Crippen molar-refractivity contribution in [3.8, 4) is 0 Å². The van der Waals surface area contributed by atoms with Crippen molar-refractivity contribution in [1.82, 2.24) is 4.72 Å². The summed E-state index contributed by atoms with van der Waals surface area (Å²) >= 11 is 0. The molecule has 0 radical (unpaired) electrons. The lowest BCUT2D eigenvalue weighted by atomic mass is 10.1. The average Bonchev–Trinajstić information content (AvgIpc) is 2.40. The molecule has 1 heterocycles. The van der Waals surface area contributed by atoms with Crippen molar-refractivity contribution < 1.29 is 8.42 Å². The van der Waals surface area contributed by atoms with Gasteiger partial charge in [-0.15, -0.1) is 0 Å². The summed E-state index contributed by atoms with van der Waals surface area (Å²) in [5, 5.41) is 0. The second-order valence-corrected chi connectivity index (χ2v) is 6.36. The van der Waals surface area contributed by atoms with E-state index in [1.165, 1.54) is 19.5 Å². The third-order valence-corrected chi connectivity index (χ3v) is 4.69. The zero-order valence-corrected chi connectivity index (χ0v) is 11.3. The first-order valence-corrected chi connectivity index (χ1v) is 7.61. The molecule has 18 heavy (non-hydrogen) atoms. The lowest BCUT2D eigenvalue weighted by molar-refractivity contribution is 0.577.